The molecule has 0 aliphatic carbocycles. The van der Waals surface area contributed by atoms with Crippen molar-refractivity contribution in [1.29, 1.82) is 0 Å². The van der Waals surface area contributed by atoms with E-state index in [1.165, 1.54) is 12.1 Å². The molecule has 132 valence electrons. The molecule has 0 aromatic heterocycles. The van der Waals surface area contributed by atoms with E-state index in [9.17, 15) is 14.4 Å². The molecule has 1 saturated heterocycles. The Hall–Kier alpha value is -3.12. The zero-order valence-electron chi connectivity index (χ0n) is 13.9. The first kappa shape index (κ1) is 17.7. The van der Waals surface area contributed by atoms with Gasteiger partial charge in [-0.1, -0.05) is 35.9 Å². The predicted octanol–water partition coefficient (Wildman–Crippen LogP) is 3.41. The van der Waals surface area contributed by atoms with Crippen LogP contribution in [0.1, 0.15) is 12.5 Å². The smallest absolute Gasteiger partial charge is 0.335 e. The molecule has 2 aromatic rings. The lowest BCUT2D eigenvalue weighted by atomic mass is 10.1. The van der Waals surface area contributed by atoms with Gasteiger partial charge in [0.1, 0.15) is 11.3 Å². The van der Waals surface area contributed by atoms with E-state index >= 15 is 0 Å². The number of ether oxygens (including phenoxy) is 1. The molecule has 0 unspecified atom stereocenters. The first-order chi connectivity index (χ1) is 12.5. The van der Waals surface area contributed by atoms with Gasteiger partial charge in [0.2, 0.25) is 0 Å². The number of halogens is 1. The number of nitrogens with zero attached hydrogens (tertiary/aromatic N) is 1. The van der Waals surface area contributed by atoms with Gasteiger partial charge in [0.25, 0.3) is 11.8 Å². The summed E-state index contributed by atoms with van der Waals surface area (Å²) in [4.78, 5) is 38.0. The Labute approximate surface area is 155 Å². The van der Waals surface area contributed by atoms with E-state index in [0.717, 1.165) is 4.90 Å². The van der Waals surface area contributed by atoms with E-state index in [-0.39, 0.29) is 16.3 Å². The van der Waals surface area contributed by atoms with Gasteiger partial charge in [0.15, 0.2) is 0 Å². The Balaban J connectivity index is 2.00. The fourth-order valence-electron chi connectivity index (χ4n) is 2.54. The number of para-hydroxylation sites is 1. The van der Waals surface area contributed by atoms with Crippen molar-refractivity contribution in [2.45, 2.75) is 6.92 Å². The Morgan fingerprint density at radius 2 is 1.88 bits per heavy atom. The molecular formula is C19H15ClN2O4. The Morgan fingerprint density at radius 1 is 1.12 bits per heavy atom. The molecule has 1 fully saturated rings. The second-order valence-corrected chi connectivity index (χ2v) is 5.82. The van der Waals surface area contributed by atoms with Crippen molar-refractivity contribution in [3.63, 3.8) is 0 Å². The molecule has 1 N–H and O–H groups in total. The lowest BCUT2D eigenvalue weighted by Crippen LogP contribution is -2.54. The Bertz CT molecular complexity index is 923. The van der Waals surface area contributed by atoms with Crippen molar-refractivity contribution >= 4 is 41.2 Å². The van der Waals surface area contributed by atoms with E-state index in [1.54, 1.807) is 42.5 Å². The van der Waals surface area contributed by atoms with Crippen molar-refractivity contribution in [3.05, 3.63) is 64.7 Å². The van der Waals surface area contributed by atoms with E-state index in [1.807, 2.05) is 6.92 Å². The third-order valence-electron chi connectivity index (χ3n) is 3.68. The molecule has 6 nitrogen and oxygen atoms in total. The van der Waals surface area contributed by atoms with Crippen molar-refractivity contribution in [3.8, 4) is 5.75 Å². The number of anilines is 1. The molecule has 1 aliphatic heterocycles. The van der Waals surface area contributed by atoms with E-state index in [4.69, 9.17) is 16.3 Å². The standard InChI is InChI=1S/C19H15ClN2O4/c1-2-26-13-7-5-6-12(10-13)11-14-17(23)21-19(25)22(18(14)24)16-9-4-3-8-15(16)20/h3-11H,2H2,1H3,(H,21,23,25)/b14-11+. The van der Waals surface area contributed by atoms with Crippen molar-refractivity contribution in [2.75, 3.05) is 11.5 Å². The maximum absolute atomic E-state index is 12.8. The number of urea groups is 1. The lowest BCUT2D eigenvalue weighted by Gasteiger charge is -2.27. The van der Waals surface area contributed by atoms with Crippen LogP contribution in [0.25, 0.3) is 6.08 Å². The summed E-state index contributed by atoms with van der Waals surface area (Å²) in [5, 5.41) is 2.39. The van der Waals surface area contributed by atoms with Crippen LogP contribution in [-0.2, 0) is 9.59 Å². The third kappa shape index (κ3) is 3.45. The van der Waals surface area contributed by atoms with E-state index in [0.29, 0.717) is 17.9 Å². The average Bonchev–Trinajstić information content (AvgIpc) is 2.61. The molecule has 0 radical (unpaired) electrons. The van der Waals surface area contributed by atoms with Crippen molar-refractivity contribution < 1.29 is 19.1 Å². The number of rotatable bonds is 4. The lowest BCUT2D eigenvalue weighted by molar-refractivity contribution is -0.122. The number of carbonyl (C=O) groups excluding carboxylic acids is 3. The van der Waals surface area contributed by atoms with Gasteiger partial charge in [-0.25, -0.2) is 9.69 Å². The van der Waals surface area contributed by atoms with Gasteiger partial charge in [-0.2, -0.15) is 0 Å². The van der Waals surface area contributed by atoms with Gasteiger partial charge >= 0.3 is 6.03 Å². The van der Waals surface area contributed by atoms with Gasteiger partial charge in [0, 0.05) is 0 Å². The zero-order valence-corrected chi connectivity index (χ0v) is 14.6. The Kier molecular flexibility index (Phi) is 5.04. The molecule has 3 rings (SSSR count). The number of imide groups is 2. The summed E-state index contributed by atoms with van der Waals surface area (Å²) in [6.07, 6.45) is 1.41. The van der Waals surface area contributed by atoms with Crippen LogP contribution in [0.15, 0.2) is 54.1 Å². The second kappa shape index (κ2) is 7.41. The largest absolute Gasteiger partial charge is 0.494 e. The van der Waals surface area contributed by atoms with Crippen LogP contribution in [0.4, 0.5) is 10.5 Å². The molecule has 1 heterocycles. The van der Waals surface area contributed by atoms with Crippen LogP contribution < -0.4 is 15.0 Å². The van der Waals surface area contributed by atoms with Crippen molar-refractivity contribution in [1.82, 2.24) is 5.32 Å². The van der Waals surface area contributed by atoms with Crippen LogP contribution in [0.3, 0.4) is 0 Å². The monoisotopic (exact) mass is 370 g/mol. The van der Waals surface area contributed by atoms with Gasteiger partial charge in [-0.3, -0.25) is 14.9 Å². The number of carbonyl (C=O) groups is 3. The minimum atomic E-state index is -0.840. The van der Waals surface area contributed by atoms with Crippen LogP contribution in [0, 0.1) is 0 Å². The number of benzene rings is 2. The van der Waals surface area contributed by atoms with Crippen LogP contribution in [-0.4, -0.2) is 24.5 Å². The molecule has 1 aliphatic rings. The molecule has 0 bridgehead atoms. The minimum absolute atomic E-state index is 0.168. The normalized spacial score (nSPS) is 16.0. The number of amides is 4. The predicted molar refractivity (Wildman–Crippen MR) is 98.1 cm³/mol. The summed E-state index contributed by atoms with van der Waals surface area (Å²) in [6, 6.07) is 12.5. The molecule has 0 atom stereocenters. The highest BCUT2D eigenvalue weighted by Crippen LogP contribution is 2.29. The summed E-state index contributed by atoms with van der Waals surface area (Å²) in [5.74, 6) is -0.886. The van der Waals surface area contributed by atoms with Crippen LogP contribution in [0.5, 0.6) is 5.75 Å². The Morgan fingerprint density at radius 3 is 2.62 bits per heavy atom. The third-order valence-corrected chi connectivity index (χ3v) is 3.99. The average molecular weight is 371 g/mol. The van der Waals surface area contributed by atoms with Crippen molar-refractivity contribution in [2.24, 2.45) is 0 Å². The maximum Gasteiger partial charge on any atom is 0.335 e. The van der Waals surface area contributed by atoms with Gasteiger partial charge < -0.3 is 4.74 Å². The number of nitrogens with one attached hydrogen (secondary N) is 1. The van der Waals surface area contributed by atoms with E-state index in [2.05, 4.69) is 5.32 Å². The van der Waals surface area contributed by atoms with Gasteiger partial charge in [-0.15, -0.1) is 0 Å². The summed E-state index contributed by atoms with van der Waals surface area (Å²) in [7, 11) is 0. The fourth-order valence-corrected chi connectivity index (χ4v) is 2.76. The zero-order chi connectivity index (χ0) is 18.7. The van der Waals surface area contributed by atoms with Gasteiger partial charge in [-0.05, 0) is 42.8 Å². The number of hydrogen-bond donors (Lipinski definition) is 1. The first-order valence-corrected chi connectivity index (χ1v) is 8.28. The highest BCUT2D eigenvalue weighted by Gasteiger charge is 2.37. The summed E-state index contributed by atoms with van der Waals surface area (Å²) in [6.45, 7) is 2.35. The highest BCUT2D eigenvalue weighted by atomic mass is 35.5. The molecule has 0 spiro atoms. The maximum atomic E-state index is 12.8. The number of barbiturate groups is 1. The highest BCUT2D eigenvalue weighted by molar-refractivity contribution is 6.42. The van der Waals surface area contributed by atoms with E-state index < -0.39 is 17.8 Å². The second-order valence-electron chi connectivity index (χ2n) is 5.41. The van der Waals surface area contributed by atoms with Crippen LogP contribution >= 0.6 is 11.6 Å². The topological polar surface area (TPSA) is 75.7 Å². The quantitative estimate of drug-likeness (QED) is 0.661. The first-order valence-electron chi connectivity index (χ1n) is 7.90. The summed E-state index contributed by atoms with van der Waals surface area (Å²) in [5.41, 5.74) is 0.638. The molecule has 26 heavy (non-hydrogen) atoms. The summed E-state index contributed by atoms with van der Waals surface area (Å²) >= 11 is 6.09. The molecule has 0 saturated carbocycles. The van der Waals surface area contributed by atoms with Crippen LogP contribution in [0.2, 0.25) is 5.02 Å². The molecular weight excluding hydrogens is 356 g/mol. The fraction of sp³-hybridized carbons (Fsp3) is 0.105. The summed E-state index contributed by atoms with van der Waals surface area (Å²) < 4.78 is 5.42. The SMILES string of the molecule is CCOc1cccc(/C=C2\C(=O)NC(=O)N(c3ccccc3Cl)C2=O)c1. The molecule has 7 heteroatoms. The minimum Gasteiger partial charge on any atom is -0.494 e. The molecule has 2 aromatic carbocycles. The number of hydrogen-bond acceptors (Lipinski definition) is 4. The molecule has 4 amide bonds. The van der Waals surface area contributed by atoms with Gasteiger partial charge in [0.05, 0.1) is 17.3 Å².